The van der Waals surface area contributed by atoms with Crippen molar-refractivity contribution in [2.24, 2.45) is 5.92 Å². The van der Waals surface area contributed by atoms with E-state index < -0.39 is 0 Å². The second-order valence-electron chi connectivity index (χ2n) is 4.99. The lowest BCUT2D eigenvalue weighted by Crippen LogP contribution is -2.37. The molecule has 2 aromatic heterocycles. The standard InChI is InChI=1S/C14H16ClNOS2/c15-13-4-3-12(19-13)14(11-2-1-5-18-11)16-8-9-6-10(17)7-9/h1-5,9-10,14,16-17H,6-8H2. The highest BCUT2D eigenvalue weighted by Crippen LogP contribution is 2.34. The van der Waals surface area contributed by atoms with Crippen molar-refractivity contribution in [3.05, 3.63) is 43.7 Å². The van der Waals surface area contributed by atoms with E-state index in [1.165, 1.54) is 9.75 Å². The normalized spacial score (nSPS) is 24.1. The maximum atomic E-state index is 9.35. The van der Waals surface area contributed by atoms with Gasteiger partial charge in [-0.1, -0.05) is 17.7 Å². The second kappa shape index (κ2) is 5.94. The molecule has 2 aromatic rings. The number of hydrogen-bond acceptors (Lipinski definition) is 4. The van der Waals surface area contributed by atoms with Crippen LogP contribution in [0, 0.1) is 5.92 Å². The van der Waals surface area contributed by atoms with Crippen LogP contribution in [0.25, 0.3) is 0 Å². The number of nitrogens with one attached hydrogen (secondary N) is 1. The number of halogens is 1. The van der Waals surface area contributed by atoms with E-state index in [1.54, 1.807) is 22.7 Å². The summed E-state index contributed by atoms with van der Waals surface area (Å²) in [7, 11) is 0. The third-order valence-corrected chi connectivity index (χ3v) is 5.76. The van der Waals surface area contributed by atoms with Crippen LogP contribution in [-0.2, 0) is 0 Å². The van der Waals surface area contributed by atoms with Gasteiger partial charge < -0.3 is 10.4 Å². The Bertz CT molecular complexity index is 519. The van der Waals surface area contributed by atoms with Crippen molar-refractivity contribution < 1.29 is 5.11 Å². The van der Waals surface area contributed by atoms with Crippen LogP contribution >= 0.6 is 34.3 Å². The van der Waals surface area contributed by atoms with Gasteiger partial charge in [0, 0.05) is 9.75 Å². The molecule has 0 amide bonds. The molecule has 1 unspecified atom stereocenters. The van der Waals surface area contributed by atoms with Gasteiger partial charge >= 0.3 is 0 Å². The van der Waals surface area contributed by atoms with Crippen LogP contribution in [0.3, 0.4) is 0 Å². The van der Waals surface area contributed by atoms with E-state index in [9.17, 15) is 5.11 Å². The summed E-state index contributed by atoms with van der Waals surface area (Å²) in [6, 6.07) is 8.52. The average molecular weight is 314 g/mol. The lowest BCUT2D eigenvalue weighted by molar-refractivity contribution is 0.0424. The van der Waals surface area contributed by atoms with E-state index in [4.69, 9.17) is 11.6 Å². The summed E-state index contributed by atoms with van der Waals surface area (Å²) in [5.41, 5.74) is 0. The van der Waals surface area contributed by atoms with Gasteiger partial charge in [-0.25, -0.2) is 0 Å². The number of rotatable bonds is 5. The molecule has 0 saturated heterocycles. The molecule has 1 atom stereocenters. The van der Waals surface area contributed by atoms with Gasteiger partial charge in [0.1, 0.15) is 0 Å². The number of aliphatic hydroxyl groups is 1. The molecule has 3 rings (SSSR count). The van der Waals surface area contributed by atoms with Crippen LogP contribution in [0.2, 0.25) is 4.34 Å². The Morgan fingerprint density at radius 3 is 2.74 bits per heavy atom. The summed E-state index contributed by atoms with van der Waals surface area (Å²) < 4.78 is 0.831. The minimum Gasteiger partial charge on any atom is -0.393 e. The van der Waals surface area contributed by atoms with Crippen LogP contribution in [0.15, 0.2) is 29.6 Å². The molecule has 2 nitrogen and oxygen atoms in total. The fourth-order valence-corrected chi connectivity index (χ4v) is 4.48. The van der Waals surface area contributed by atoms with Gasteiger partial charge in [0.15, 0.2) is 0 Å². The topological polar surface area (TPSA) is 32.3 Å². The summed E-state index contributed by atoms with van der Waals surface area (Å²) in [5, 5.41) is 15.1. The van der Waals surface area contributed by atoms with Crippen molar-refractivity contribution in [2.45, 2.75) is 25.0 Å². The lowest BCUT2D eigenvalue weighted by Gasteiger charge is -2.32. The largest absolute Gasteiger partial charge is 0.393 e. The molecule has 5 heteroatoms. The molecule has 102 valence electrons. The Balaban J connectivity index is 1.70. The maximum absolute atomic E-state index is 9.35. The third-order valence-electron chi connectivity index (χ3n) is 3.53. The Hall–Kier alpha value is -0.390. The molecular weight excluding hydrogens is 298 g/mol. The van der Waals surface area contributed by atoms with Crippen LogP contribution in [-0.4, -0.2) is 17.8 Å². The molecule has 0 radical (unpaired) electrons. The Kier molecular flexibility index (Phi) is 4.24. The molecule has 1 saturated carbocycles. The van der Waals surface area contributed by atoms with Gasteiger partial charge in [-0.2, -0.15) is 0 Å². The van der Waals surface area contributed by atoms with E-state index >= 15 is 0 Å². The molecule has 1 aliphatic carbocycles. The quantitative estimate of drug-likeness (QED) is 0.877. The zero-order chi connectivity index (χ0) is 13.2. The fourth-order valence-electron chi connectivity index (χ4n) is 2.43. The summed E-state index contributed by atoms with van der Waals surface area (Å²) >= 11 is 9.44. The SMILES string of the molecule is OC1CC(CNC(c2cccs2)c2ccc(Cl)s2)C1. The molecule has 2 heterocycles. The van der Waals surface area contributed by atoms with E-state index in [-0.39, 0.29) is 12.1 Å². The molecule has 1 aliphatic rings. The highest BCUT2D eigenvalue weighted by Gasteiger charge is 2.28. The highest BCUT2D eigenvalue weighted by molar-refractivity contribution is 7.16. The lowest BCUT2D eigenvalue weighted by atomic mass is 9.82. The zero-order valence-electron chi connectivity index (χ0n) is 10.4. The van der Waals surface area contributed by atoms with Gasteiger partial charge in [-0.15, -0.1) is 22.7 Å². The summed E-state index contributed by atoms with van der Waals surface area (Å²) in [6.07, 6.45) is 1.77. The zero-order valence-corrected chi connectivity index (χ0v) is 12.8. The Morgan fingerprint density at radius 1 is 1.32 bits per heavy atom. The van der Waals surface area contributed by atoms with Gasteiger partial charge in [-0.05, 0) is 48.9 Å². The predicted octanol–water partition coefficient (Wildman–Crippen LogP) is 3.91. The smallest absolute Gasteiger partial charge is 0.0931 e. The number of aliphatic hydroxyl groups excluding tert-OH is 1. The van der Waals surface area contributed by atoms with Crippen molar-refractivity contribution in [3.8, 4) is 0 Å². The Labute approximate surface area is 126 Å². The molecule has 19 heavy (non-hydrogen) atoms. The first kappa shape index (κ1) is 13.6. The maximum Gasteiger partial charge on any atom is 0.0931 e. The Morgan fingerprint density at radius 2 is 2.16 bits per heavy atom. The number of thiophene rings is 2. The van der Waals surface area contributed by atoms with E-state index in [2.05, 4.69) is 28.9 Å². The van der Waals surface area contributed by atoms with Crippen LogP contribution in [0.1, 0.15) is 28.6 Å². The molecule has 1 fully saturated rings. The first-order valence-electron chi connectivity index (χ1n) is 6.42. The minimum absolute atomic E-state index is 0.0804. The average Bonchev–Trinajstić information content (AvgIpc) is 2.99. The molecule has 2 N–H and O–H groups in total. The van der Waals surface area contributed by atoms with Crippen molar-refractivity contribution in [1.82, 2.24) is 5.32 Å². The fraction of sp³-hybridized carbons (Fsp3) is 0.429. The van der Waals surface area contributed by atoms with Gasteiger partial charge in [0.05, 0.1) is 16.5 Å². The number of hydrogen-bond donors (Lipinski definition) is 2. The summed E-state index contributed by atoms with van der Waals surface area (Å²) in [4.78, 5) is 2.57. The van der Waals surface area contributed by atoms with Gasteiger partial charge in [0.2, 0.25) is 0 Å². The monoisotopic (exact) mass is 313 g/mol. The predicted molar refractivity (Wildman–Crippen MR) is 82.2 cm³/mol. The first-order chi connectivity index (χ1) is 9.22. The van der Waals surface area contributed by atoms with E-state index in [1.807, 2.05) is 6.07 Å². The molecular formula is C14H16ClNOS2. The van der Waals surface area contributed by atoms with Crippen molar-refractivity contribution >= 4 is 34.3 Å². The molecule has 0 bridgehead atoms. The molecule has 0 spiro atoms. The van der Waals surface area contributed by atoms with E-state index in [0.29, 0.717) is 5.92 Å². The third kappa shape index (κ3) is 3.20. The van der Waals surface area contributed by atoms with Crippen molar-refractivity contribution in [2.75, 3.05) is 6.54 Å². The summed E-state index contributed by atoms with van der Waals surface area (Å²) in [5.74, 6) is 0.605. The minimum atomic E-state index is -0.0804. The molecule has 0 aromatic carbocycles. The molecule has 0 aliphatic heterocycles. The van der Waals surface area contributed by atoms with Gasteiger partial charge in [0.25, 0.3) is 0 Å². The second-order valence-corrected chi connectivity index (χ2v) is 7.72. The van der Waals surface area contributed by atoms with Gasteiger partial charge in [-0.3, -0.25) is 0 Å². The highest BCUT2D eigenvalue weighted by atomic mass is 35.5. The van der Waals surface area contributed by atoms with Crippen LogP contribution < -0.4 is 5.32 Å². The summed E-state index contributed by atoms with van der Waals surface area (Å²) in [6.45, 7) is 0.954. The van der Waals surface area contributed by atoms with E-state index in [0.717, 1.165) is 23.7 Å². The van der Waals surface area contributed by atoms with Crippen molar-refractivity contribution in [3.63, 3.8) is 0 Å². The van der Waals surface area contributed by atoms with Crippen LogP contribution in [0.4, 0.5) is 0 Å². The van der Waals surface area contributed by atoms with Crippen LogP contribution in [0.5, 0.6) is 0 Å². The van der Waals surface area contributed by atoms with Crippen molar-refractivity contribution in [1.29, 1.82) is 0 Å². The first-order valence-corrected chi connectivity index (χ1v) is 8.50.